The number of rotatable bonds is 5. The highest BCUT2D eigenvalue weighted by Crippen LogP contribution is 2.28. The molecule has 1 N–H and O–H groups in total. The zero-order valence-corrected chi connectivity index (χ0v) is 13.6. The maximum atomic E-state index is 4.25. The van der Waals surface area contributed by atoms with E-state index in [1.165, 1.54) is 22.0 Å². The van der Waals surface area contributed by atoms with Crippen molar-refractivity contribution in [2.24, 2.45) is 0 Å². The molecular formula is C13H17BrN4S. The Morgan fingerprint density at radius 3 is 2.79 bits per heavy atom. The number of hydrogen-bond acceptors (Lipinski definition) is 5. The van der Waals surface area contributed by atoms with Crippen LogP contribution < -0.4 is 5.32 Å². The first kappa shape index (κ1) is 14.6. The van der Waals surface area contributed by atoms with Crippen LogP contribution in [-0.4, -0.2) is 21.6 Å². The summed E-state index contributed by atoms with van der Waals surface area (Å²) in [5, 5.41) is 7.60. The van der Waals surface area contributed by atoms with Gasteiger partial charge in [0.2, 0.25) is 0 Å². The lowest BCUT2D eigenvalue weighted by Crippen LogP contribution is -2.19. The molecule has 1 unspecified atom stereocenters. The molecule has 0 aliphatic carbocycles. The highest BCUT2D eigenvalue weighted by atomic mass is 79.9. The van der Waals surface area contributed by atoms with E-state index in [-0.39, 0.29) is 6.04 Å². The van der Waals surface area contributed by atoms with Crippen LogP contribution in [-0.2, 0) is 6.42 Å². The number of pyridine rings is 1. The molecule has 0 amide bonds. The lowest BCUT2D eigenvalue weighted by atomic mass is 10.0. The van der Waals surface area contributed by atoms with Crippen LogP contribution in [0.3, 0.4) is 0 Å². The summed E-state index contributed by atoms with van der Waals surface area (Å²) in [6, 6.07) is 2.33. The fourth-order valence-electron chi connectivity index (χ4n) is 1.98. The summed E-state index contributed by atoms with van der Waals surface area (Å²) in [6.07, 6.45) is 4.58. The van der Waals surface area contributed by atoms with Crippen LogP contribution >= 0.6 is 27.5 Å². The average Bonchev–Trinajstić information content (AvgIpc) is 2.85. The van der Waals surface area contributed by atoms with E-state index in [0.717, 1.165) is 16.6 Å². The first-order valence-corrected chi connectivity index (χ1v) is 7.77. The van der Waals surface area contributed by atoms with Crippen LogP contribution in [0.4, 0.5) is 0 Å². The van der Waals surface area contributed by atoms with E-state index < -0.39 is 0 Å². The van der Waals surface area contributed by atoms with Crippen molar-refractivity contribution in [2.45, 2.75) is 32.2 Å². The molecule has 0 bridgehead atoms. The molecule has 0 radical (unpaired) electrons. The maximum absolute atomic E-state index is 4.25. The Morgan fingerprint density at radius 2 is 2.16 bits per heavy atom. The van der Waals surface area contributed by atoms with Crippen molar-refractivity contribution in [3.05, 3.63) is 39.1 Å². The van der Waals surface area contributed by atoms with Crippen LogP contribution in [0, 0.1) is 0 Å². The Balaban J connectivity index is 2.23. The normalized spacial score (nSPS) is 12.9. The summed E-state index contributed by atoms with van der Waals surface area (Å²) in [6.45, 7) is 4.29. The molecule has 0 aliphatic rings. The van der Waals surface area contributed by atoms with E-state index in [2.05, 4.69) is 55.7 Å². The SMILES string of the molecule is CNC(Cc1cncc(Br)c1)c1snnc1C(C)C. The van der Waals surface area contributed by atoms with Gasteiger partial charge in [-0.25, -0.2) is 0 Å². The van der Waals surface area contributed by atoms with Crippen molar-refractivity contribution in [1.29, 1.82) is 0 Å². The fraction of sp³-hybridized carbons (Fsp3) is 0.462. The monoisotopic (exact) mass is 340 g/mol. The fourth-order valence-corrected chi connectivity index (χ4v) is 3.30. The van der Waals surface area contributed by atoms with Crippen LogP contribution in [0.25, 0.3) is 0 Å². The van der Waals surface area contributed by atoms with Crippen molar-refractivity contribution in [3.63, 3.8) is 0 Å². The zero-order valence-electron chi connectivity index (χ0n) is 11.2. The molecular weight excluding hydrogens is 324 g/mol. The lowest BCUT2D eigenvalue weighted by molar-refractivity contribution is 0.588. The molecule has 2 aromatic rings. The Hall–Kier alpha value is -0.850. The van der Waals surface area contributed by atoms with Crippen LogP contribution in [0.1, 0.15) is 41.9 Å². The summed E-state index contributed by atoms with van der Waals surface area (Å²) in [7, 11) is 1.97. The van der Waals surface area contributed by atoms with Gasteiger partial charge in [-0.2, -0.15) is 0 Å². The molecule has 2 rings (SSSR count). The van der Waals surface area contributed by atoms with E-state index in [9.17, 15) is 0 Å². The zero-order chi connectivity index (χ0) is 13.8. The van der Waals surface area contributed by atoms with Gasteiger partial charge in [-0.1, -0.05) is 18.3 Å². The molecule has 2 aromatic heterocycles. The predicted molar refractivity (Wildman–Crippen MR) is 81.4 cm³/mol. The summed E-state index contributed by atoms with van der Waals surface area (Å²) in [4.78, 5) is 5.43. The standard InChI is InChI=1S/C13H17BrN4S/c1-8(2)12-13(19-18-17-12)11(15-3)5-9-4-10(14)7-16-6-9/h4,6-8,11,15H,5H2,1-3H3. The number of likely N-dealkylation sites (N-methyl/N-ethyl adjacent to an activating group) is 1. The predicted octanol–water partition coefficient (Wildman–Crippen LogP) is 3.32. The van der Waals surface area contributed by atoms with Crippen LogP contribution in [0.5, 0.6) is 0 Å². The highest BCUT2D eigenvalue weighted by Gasteiger charge is 2.20. The van der Waals surface area contributed by atoms with Gasteiger partial charge in [-0.05, 0) is 58.5 Å². The van der Waals surface area contributed by atoms with Gasteiger partial charge in [-0.15, -0.1) is 5.10 Å². The summed E-state index contributed by atoms with van der Waals surface area (Å²) in [5.74, 6) is 0.394. The molecule has 0 fully saturated rings. The first-order valence-electron chi connectivity index (χ1n) is 6.20. The second-order valence-electron chi connectivity index (χ2n) is 4.73. The molecule has 6 heteroatoms. The molecule has 0 saturated carbocycles. The Bertz CT molecular complexity index is 541. The lowest BCUT2D eigenvalue weighted by Gasteiger charge is -2.16. The molecule has 0 aliphatic heterocycles. The van der Waals surface area contributed by atoms with Gasteiger partial charge in [0, 0.05) is 22.9 Å². The Kier molecular flexibility index (Phi) is 5.01. The minimum absolute atomic E-state index is 0.230. The molecule has 0 aromatic carbocycles. The van der Waals surface area contributed by atoms with Gasteiger partial charge < -0.3 is 5.32 Å². The molecule has 19 heavy (non-hydrogen) atoms. The van der Waals surface area contributed by atoms with Crippen molar-refractivity contribution in [1.82, 2.24) is 19.9 Å². The second-order valence-corrected chi connectivity index (χ2v) is 6.44. The van der Waals surface area contributed by atoms with E-state index in [1.54, 1.807) is 6.20 Å². The highest BCUT2D eigenvalue weighted by molar-refractivity contribution is 9.10. The molecule has 0 spiro atoms. The molecule has 0 saturated heterocycles. The largest absolute Gasteiger partial charge is 0.312 e. The summed E-state index contributed by atoms with van der Waals surface area (Å²) in [5.41, 5.74) is 2.28. The second kappa shape index (κ2) is 6.54. The number of nitrogens with zero attached hydrogens (tertiary/aromatic N) is 3. The van der Waals surface area contributed by atoms with Crippen molar-refractivity contribution < 1.29 is 0 Å². The number of halogens is 1. The van der Waals surface area contributed by atoms with Crippen molar-refractivity contribution in [3.8, 4) is 0 Å². The third-order valence-corrected chi connectivity index (χ3v) is 4.24. The van der Waals surface area contributed by atoms with Gasteiger partial charge in [0.25, 0.3) is 0 Å². The maximum Gasteiger partial charge on any atom is 0.0829 e. The molecule has 4 nitrogen and oxygen atoms in total. The smallest absolute Gasteiger partial charge is 0.0829 e. The van der Waals surface area contributed by atoms with Gasteiger partial charge in [-0.3, -0.25) is 4.98 Å². The first-order chi connectivity index (χ1) is 9.11. The average molecular weight is 341 g/mol. The number of nitrogens with one attached hydrogen (secondary N) is 1. The topological polar surface area (TPSA) is 50.7 Å². The van der Waals surface area contributed by atoms with E-state index in [0.29, 0.717) is 5.92 Å². The number of hydrogen-bond donors (Lipinski definition) is 1. The van der Waals surface area contributed by atoms with Crippen molar-refractivity contribution in [2.75, 3.05) is 7.05 Å². The third kappa shape index (κ3) is 3.58. The van der Waals surface area contributed by atoms with E-state index in [1.807, 2.05) is 13.2 Å². The quantitative estimate of drug-likeness (QED) is 0.906. The van der Waals surface area contributed by atoms with E-state index >= 15 is 0 Å². The van der Waals surface area contributed by atoms with Gasteiger partial charge >= 0.3 is 0 Å². The van der Waals surface area contributed by atoms with Crippen LogP contribution in [0.2, 0.25) is 0 Å². The minimum atomic E-state index is 0.230. The van der Waals surface area contributed by atoms with Gasteiger partial charge in [0.1, 0.15) is 0 Å². The summed E-state index contributed by atoms with van der Waals surface area (Å²) >= 11 is 4.93. The summed E-state index contributed by atoms with van der Waals surface area (Å²) < 4.78 is 5.10. The Labute approximate surface area is 126 Å². The third-order valence-electron chi connectivity index (χ3n) is 2.95. The number of aromatic nitrogens is 3. The Morgan fingerprint density at radius 1 is 1.37 bits per heavy atom. The van der Waals surface area contributed by atoms with Gasteiger partial charge in [0.15, 0.2) is 0 Å². The van der Waals surface area contributed by atoms with E-state index in [4.69, 9.17) is 0 Å². The molecule has 102 valence electrons. The van der Waals surface area contributed by atoms with Crippen molar-refractivity contribution >= 4 is 27.5 Å². The minimum Gasteiger partial charge on any atom is -0.312 e. The molecule has 1 atom stereocenters. The van der Waals surface area contributed by atoms with Crippen LogP contribution in [0.15, 0.2) is 22.9 Å². The molecule has 2 heterocycles. The van der Waals surface area contributed by atoms with Gasteiger partial charge in [0.05, 0.1) is 10.6 Å².